The van der Waals surface area contributed by atoms with Crippen molar-refractivity contribution in [1.29, 1.82) is 0 Å². The Hall–Kier alpha value is 0.810. The van der Waals surface area contributed by atoms with Crippen molar-refractivity contribution in [3.05, 3.63) is 0 Å². The molecule has 0 aromatic heterocycles. The van der Waals surface area contributed by atoms with Gasteiger partial charge >= 0.3 is 219 Å². The van der Waals surface area contributed by atoms with E-state index >= 15 is 0 Å². The molecule has 0 aromatic carbocycles. The molecule has 0 unspecified atom stereocenters. The first-order chi connectivity index (χ1) is 16.2. The van der Waals surface area contributed by atoms with Crippen molar-refractivity contribution in [2.75, 3.05) is 39.6 Å². The summed E-state index contributed by atoms with van der Waals surface area (Å²) in [6, 6.07) is 0. The second-order valence-corrected chi connectivity index (χ2v) is 17.2. The molecule has 0 amide bonds. The van der Waals surface area contributed by atoms with E-state index in [0.717, 1.165) is 0 Å². The van der Waals surface area contributed by atoms with Crippen LogP contribution in [0.5, 0.6) is 0 Å². The van der Waals surface area contributed by atoms with E-state index in [-0.39, 0.29) is 0 Å². The van der Waals surface area contributed by atoms with E-state index < -0.39 is 24.7 Å². The van der Waals surface area contributed by atoms with Gasteiger partial charge in [-0.05, 0) is 0 Å². The molecule has 0 spiro atoms. The van der Waals surface area contributed by atoms with Gasteiger partial charge in [0.1, 0.15) is 0 Å². The average molecular weight is 563 g/mol. The molecule has 0 aromatic rings. The fourth-order valence-corrected chi connectivity index (χ4v) is 9.89. The van der Waals surface area contributed by atoms with Crippen LogP contribution in [0.4, 0.5) is 0 Å². The molecular weight excluding hydrogens is 505 g/mol. The summed E-state index contributed by atoms with van der Waals surface area (Å²) >= 11 is 0. The topological polar surface area (TPSA) is 79.8 Å². The van der Waals surface area contributed by atoms with Gasteiger partial charge in [0.05, 0.1) is 0 Å². The molecule has 0 bridgehead atoms. The summed E-state index contributed by atoms with van der Waals surface area (Å²) < 4.78 is 42.8. The summed E-state index contributed by atoms with van der Waals surface area (Å²) in [7, 11) is -6.88. The molecule has 0 rings (SSSR count). The summed E-state index contributed by atoms with van der Waals surface area (Å²) in [6.07, 6.45) is 0. The molecule has 0 saturated carbocycles. The quantitative estimate of drug-likeness (QED) is 0.141. The van der Waals surface area contributed by atoms with Crippen LogP contribution in [0.15, 0.2) is 4.52 Å². The van der Waals surface area contributed by atoms with Crippen molar-refractivity contribution in [3.63, 3.8) is 0 Å². The monoisotopic (exact) mass is 562 g/mol. The summed E-state index contributed by atoms with van der Waals surface area (Å²) in [5.41, 5.74) is 0. The molecule has 0 aliphatic heterocycles. The molecule has 1 N–H and O–H groups in total. The zero-order valence-electron chi connectivity index (χ0n) is 24.6. The maximum atomic E-state index is 6.49. The molecule has 0 fully saturated rings. The number of rotatable bonds is 21. The predicted molar refractivity (Wildman–Crippen MR) is 154 cm³/mol. The second kappa shape index (κ2) is 19.8. The van der Waals surface area contributed by atoms with Crippen molar-refractivity contribution in [3.8, 4) is 0 Å². The number of hydrogen-bond donors (Lipinski definition) is 1. The van der Waals surface area contributed by atoms with Crippen LogP contribution in [0, 0.1) is 35.5 Å². The number of hydrogen-bond acceptors (Lipinski definition) is 8. The molecular formula is C24H57N2O6P3. The van der Waals surface area contributed by atoms with E-state index in [0.29, 0.717) is 75.1 Å². The molecule has 0 heterocycles. The van der Waals surface area contributed by atoms with Crippen LogP contribution in [-0.2, 0) is 27.1 Å². The minimum absolute atomic E-state index is 0.310. The van der Waals surface area contributed by atoms with E-state index in [1.165, 1.54) is 0 Å². The van der Waals surface area contributed by atoms with Crippen LogP contribution in [0.25, 0.3) is 0 Å². The van der Waals surface area contributed by atoms with Crippen LogP contribution in [-0.4, -0.2) is 39.6 Å². The molecule has 8 nitrogen and oxygen atoms in total. The van der Waals surface area contributed by atoms with Gasteiger partial charge in [-0.1, -0.05) is 0 Å². The molecule has 0 aliphatic rings. The Kier molecular flexibility index (Phi) is 20.3. The first kappa shape index (κ1) is 35.8. The van der Waals surface area contributed by atoms with Crippen LogP contribution in [0.2, 0.25) is 0 Å². The summed E-state index contributed by atoms with van der Waals surface area (Å²) in [4.78, 5) is 3.51. The van der Waals surface area contributed by atoms with E-state index in [1.54, 1.807) is 0 Å². The van der Waals surface area contributed by atoms with Gasteiger partial charge in [0.2, 0.25) is 0 Å². The van der Waals surface area contributed by atoms with E-state index in [2.05, 4.69) is 87.9 Å². The van der Waals surface area contributed by atoms with Gasteiger partial charge in [-0.2, -0.15) is 0 Å². The summed E-state index contributed by atoms with van der Waals surface area (Å²) in [5, 5.41) is 0. The summed E-state index contributed by atoms with van der Waals surface area (Å²) in [6.45, 7) is 28.7. The van der Waals surface area contributed by atoms with Crippen molar-refractivity contribution in [2.45, 2.75) is 83.1 Å². The Morgan fingerprint density at radius 3 is 1.23 bits per heavy atom. The van der Waals surface area contributed by atoms with Crippen molar-refractivity contribution in [2.24, 2.45) is 40.0 Å². The van der Waals surface area contributed by atoms with Gasteiger partial charge in [0, 0.05) is 0 Å². The molecule has 0 saturated heterocycles. The molecule has 35 heavy (non-hydrogen) atoms. The molecule has 214 valence electrons. The molecule has 11 heteroatoms. The third-order valence-electron chi connectivity index (χ3n) is 3.83. The predicted octanol–water partition coefficient (Wildman–Crippen LogP) is 8.48. The zero-order valence-corrected chi connectivity index (χ0v) is 27.4. The van der Waals surface area contributed by atoms with Crippen LogP contribution in [0.3, 0.4) is 0 Å². The van der Waals surface area contributed by atoms with Crippen LogP contribution < -0.4 is 4.86 Å². The maximum absolute atomic E-state index is 6.49. The van der Waals surface area contributed by atoms with Crippen molar-refractivity contribution < 1.29 is 27.1 Å². The fraction of sp³-hybridized carbons (Fsp3) is 1.00. The Morgan fingerprint density at radius 1 is 0.571 bits per heavy atom. The van der Waals surface area contributed by atoms with E-state index in [1.807, 2.05) is 0 Å². The number of nitrogens with zero attached hydrogens (tertiary/aromatic N) is 1. The second-order valence-electron chi connectivity index (χ2n) is 11.5. The third kappa shape index (κ3) is 20.4. The van der Waals surface area contributed by atoms with Gasteiger partial charge in [-0.3, -0.25) is 0 Å². The average Bonchev–Trinajstić information content (AvgIpc) is 2.74. The summed E-state index contributed by atoms with van der Waals surface area (Å²) in [5.74, 6) is 2.09. The van der Waals surface area contributed by atoms with Gasteiger partial charge in [-0.25, -0.2) is 0 Å². The van der Waals surface area contributed by atoms with Gasteiger partial charge in [-0.15, -0.1) is 0 Å². The Morgan fingerprint density at radius 2 is 0.914 bits per heavy atom. The first-order valence-electron chi connectivity index (χ1n) is 13.2. The fourth-order valence-electron chi connectivity index (χ4n) is 2.11. The van der Waals surface area contributed by atoms with Crippen molar-refractivity contribution in [1.82, 2.24) is 4.86 Å². The first-order valence-corrected chi connectivity index (χ1v) is 17.4. The third-order valence-corrected chi connectivity index (χ3v) is 10.3. The van der Waals surface area contributed by atoms with E-state index in [9.17, 15) is 0 Å². The standard InChI is InChI=1S/C24H57N2O6P3/c1-19(2)13-27-33(28-14-20(3)4)25-35(31-17-23(9)10,32-18-24(11)12)26-34(29-15-21(5)6)30-16-22(7)8/h19-25,34-35H,13-18H2,1-12H3. The normalized spacial score (nSPS) is 13.7. The molecule has 0 atom stereocenters. The minimum atomic E-state index is -3.39. The van der Waals surface area contributed by atoms with Gasteiger partial charge in [0.25, 0.3) is 0 Å². The van der Waals surface area contributed by atoms with Crippen LogP contribution in [0.1, 0.15) is 83.1 Å². The Labute approximate surface area is 219 Å². The van der Waals surface area contributed by atoms with Gasteiger partial charge in [0.15, 0.2) is 0 Å². The SMILES string of the molecule is CC(C)COP(N[PH](N=[PH](OCC(C)C)OCC(C)C)(OCC(C)C)OCC(C)C)OCC(C)C. The molecule has 0 radical (unpaired) electrons. The van der Waals surface area contributed by atoms with Gasteiger partial charge < -0.3 is 0 Å². The van der Waals surface area contributed by atoms with Crippen molar-refractivity contribution >= 4 is 24.7 Å². The van der Waals surface area contributed by atoms with E-state index in [4.69, 9.17) is 31.7 Å². The zero-order chi connectivity index (χ0) is 27.0. The number of nitrogens with one attached hydrogen (secondary N) is 1. The van der Waals surface area contributed by atoms with Crippen LogP contribution >= 0.6 is 24.7 Å². The molecule has 0 aliphatic carbocycles. The Bertz CT molecular complexity index is 525. The Balaban J connectivity index is 6.27.